The van der Waals surface area contributed by atoms with Crippen molar-refractivity contribution in [3.05, 3.63) is 92.1 Å². The highest BCUT2D eigenvalue weighted by atomic mass is 15.0. The van der Waals surface area contributed by atoms with Gasteiger partial charge in [-0.05, 0) is 18.2 Å². The molecule has 0 atom stereocenters. The van der Waals surface area contributed by atoms with Crippen LogP contribution in [-0.2, 0) is 0 Å². The molecule has 2 rings (SSSR count). The molecule has 0 radical (unpaired) electrons. The maximum Gasteiger partial charge on any atom is 0.0634 e. The second kappa shape index (κ2) is 21.0. The Morgan fingerprint density at radius 2 is 0.811 bits per heavy atom. The Morgan fingerprint density at radius 1 is 0.405 bits per heavy atom. The van der Waals surface area contributed by atoms with Crippen molar-refractivity contribution in [2.24, 2.45) is 49.9 Å². The first-order chi connectivity index (χ1) is 18.5. The van der Waals surface area contributed by atoms with Crippen LogP contribution < -0.4 is 0 Å². The van der Waals surface area contributed by atoms with Crippen molar-refractivity contribution in [2.45, 2.75) is 0 Å². The van der Waals surface area contributed by atoms with Gasteiger partial charge >= 0.3 is 0 Å². The van der Waals surface area contributed by atoms with Gasteiger partial charge in [0.1, 0.15) is 0 Å². The molecule has 0 aromatic carbocycles. The molecule has 37 heavy (non-hydrogen) atoms. The molecule has 11 nitrogen and oxygen atoms in total. The number of allylic oxidation sites excluding steroid dienone is 1. The van der Waals surface area contributed by atoms with E-state index in [9.17, 15) is 0 Å². The molecule has 11 heteroatoms. The normalized spacial score (nSPS) is 15.5. The van der Waals surface area contributed by atoms with Crippen molar-refractivity contribution in [2.75, 3.05) is 0 Å². The second-order valence-electron chi connectivity index (χ2n) is 6.13. The summed E-state index contributed by atoms with van der Waals surface area (Å²) in [6.45, 7) is 0. The Kier molecular flexibility index (Phi) is 15.7. The predicted octanol–water partition coefficient (Wildman–Crippen LogP) is 4.38. The van der Waals surface area contributed by atoms with Crippen molar-refractivity contribution < 1.29 is 0 Å². The number of hydrogen-bond acceptors (Lipinski definition) is 10. The minimum atomic E-state index is 0.883. The maximum absolute atomic E-state index is 4.22. The van der Waals surface area contributed by atoms with Crippen LogP contribution in [0.15, 0.2) is 136 Å². The van der Waals surface area contributed by atoms with E-state index in [1.54, 1.807) is 74.4 Å². The number of nitrogens with zero attached hydrogens (tertiary/aromatic N) is 11. The van der Waals surface area contributed by atoms with E-state index < -0.39 is 0 Å². The van der Waals surface area contributed by atoms with Crippen LogP contribution in [0.4, 0.5) is 0 Å². The predicted molar refractivity (Wildman–Crippen MR) is 159 cm³/mol. The average molecular weight is 492 g/mol. The van der Waals surface area contributed by atoms with E-state index in [1.807, 2.05) is 22.9 Å². The van der Waals surface area contributed by atoms with E-state index in [0.29, 0.717) is 0 Å². The lowest BCUT2D eigenvalue weighted by atomic mass is 10.4. The first kappa shape index (κ1) is 27.7. The third-order valence-corrected chi connectivity index (χ3v) is 3.59. The molecule has 1 aliphatic rings. The lowest BCUT2D eigenvalue weighted by Gasteiger charge is -1.95. The fourth-order valence-electron chi connectivity index (χ4n) is 2.08. The molecular formula is C26H25N11. The Labute approximate surface area is 215 Å². The summed E-state index contributed by atoms with van der Waals surface area (Å²) in [7, 11) is 0. The molecule has 0 N–H and O–H groups in total. The first-order valence-electron chi connectivity index (χ1n) is 10.8. The molecule has 0 spiro atoms. The van der Waals surface area contributed by atoms with Crippen molar-refractivity contribution in [1.29, 1.82) is 0 Å². The lowest BCUT2D eigenvalue weighted by Crippen LogP contribution is -1.90. The number of hydrogen-bond donors (Lipinski definition) is 0. The van der Waals surface area contributed by atoms with Crippen LogP contribution in [0.5, 0.6) is 0 Å². The smallest absolute Gasteiger partial charge is 0.0634 e. The summed E-state index contributed by atoms with van der Waals surface area (Å²) in [6, 6.07) is 3.84. The summed E-state index contributed by atoms with van der Waals surface area (Å²) >= 11 is 0. The van der Waals surface area contributed by atoms with Gasteiger partial charge in [-0.1, -0.05) is 0 Å². The maximum atomic E-state index is 4.22. The quantitative estimate of drug-likeness (QED) is 0.510. The highest BCUT2D eigenvalue weighted by Gasteiger charge is 1.92. The van der Waals surface area contributed by atoms with Gasteiger partial charge in [0, 0.05) is 130 Å². The van der Waals surface area contributed by atoms with E-state index in [0.717, 1.165) is 5.69 Å². The zero-order chi connectivity index (χ0) is 25.9. The summed E-state index contributed by atoms with van der Waals surface area (Å²) in [4.78, 5) is 40.5. The van der Waals surface area contributed by atoms with Crippen LogP contribution in [0.25, 0.3) is 6.20 Å². The Hall–Kier alpha value is -5.58. The Balaban J connectivity index is 2.01. The van der Waals surface area contributed by atoms with E-state index >= 15 is 0 Å². The molecule has 0 saturated heterocycles. The van der Waals surface area contributed by atoms with Crippen LogP contribution in [0, 0.1) is 0 Å². The SMILES string of the molecule is C1=CN=CC=NC=CN=Cc2cccn2C=CN=CC=NC=CN=CC=NC=CN=CC=NC=CN=C1. The molecule has 0 saturated carbocycles. The average Bonchev–Trinajstić information content (AvgIpc) is 3.36. The molecule has 0 unspecified atom stereocenters. The van der Waals surface area contributed by atoms with Gasteiger partial charge in [-0.15, -0.1) is 0 Å². The standard InChI is InChI=1S/C26H25N11/c1-3-26-25-36-21-20-34-9-7-28-5-2-4-27-6-8-29-10-11-30-12-13-31-14-15-32-16-17-33-18-19-35-22-24-37(26)23-1/h1-25H. The van der Waals surface area contributed by atoms with Gasteiger partial charge in [-0.2, -0.15) is 0 Å². The Morgan fingerprint density at radius 3 is 1.32 bits per heavy atom. The van der Waals surface area contributed by atoms with E-state index in [4.69, 9.17) is 0 Å². The topological polar surface area (TPSA) is 129 Å². The van der Waals surface area contributed by atoms with Crippen molar-refractivity contribution in [1.82, 2.24) is 4.57 Å². The van der Waals surface area contributed by atoms with Gasteiger partial charge in [0.2, 0.25) is 0 Å². The fourth-order valence-corrected chi connectivity index (χ4v) is 2.08. The monoisotopic (exact) mass is 491 g/mol. The minimum Gasteiger partial charge on any atom is -0.321 e. The summed E-state index contributed by atoms with van der Waals surface area (Å²) in [5.74, 6) is 0. The highest BCUT2D eigenvalue weighted by molar-refractivity contribution is 6.17. The molecule has 0 aliphatic carbocycles. The van der Waals surface area contributed by atoms with Crippen LogP contribution >= 0.6 is 0 Å². The largest absolute Gasteiger partial charge is 0.321 e. The molecule has 184 valence electrons. The number of aliphatic imine (C=N–C) groups is 10. The molecule has 1 aromatic heterocycles. The molecule has 1 aliphatic heterocycles. The zero-order valence-corrected chi connectivity index (χ0v) is 19.9. The highest BCUT2D eigenvalue weighted by Crippen LogP contribution is 2.00. The van der Waals surface area contributed by atoms with Gasteiger partial charge in [0.05, 0.1) is 11.9 Å². The first-order valence-corrected chi connectivity index (χ1v) is 10.8. The second-order valence-corrected chi connectivity index (χ2v) is 6.13. The number of rotatable bonds is 0. The Bertz CT molecular complexity index is 1170. The van der Waals surface area contributed by atoms with Gasteiger partial charge in [0.15, 0.2) is 0 Å². The van der Waals surface area contributed by atoms with E-state index in [-0.39, 0.29) is 0 Å². The molecule has 2 heterocycles. The van der Waals surface area contributed by atoms with Crippen LogP contribution in [0.1, 0.15) is 5.69 Å². The van der Waals surface area contributed by atoms with Gasteiger partial charge in [0.25, 0.3) is 0 Å². The van der Waals surface area contributed by atoms with Gasteiger partial charge in [-0.3, -0.25) is 49.9 Å². The summed E-state index contributed by atoms with van der Waals surface area (Å²) in [5, 5.41) is 0. The third-order valence-electron chi connectivity index (χ3n) is 3.59. The van der Waals surface area contributed by atoms with Crippen molar-refractivity contribution in [3.63, 3.8) is 0 Å². The number of aromatic nitrogens is 1. The van der Waals surface area contributed by atoms with Gasteiger partial charge < -0.3 is 4.57 Å². The zero-order valence-electron chi connectivity index (χ0n) is 19.9. The van der Waals surface area contributed by atoms with Crippen LogP contribution in [-0.4, -0.2) is 66.7 Å². The molecule has 0 fully saturated rings. The molecule has 0 amide bonds. The third kappa shape index (κ3) is 15.8. The number of fused-ring (bicyclic) bond motifs is 1. The molecule has 0 bridgehead atoms. The molecule has 1 aromatic rings. The fraction of sp³-hybridized carbons (Fsp3) is 0. The van der Waals surface area contributed by atoms with Crippen molar-refractivity contribution >= 4 is 68.3 Å². The van der Waals surface area contributed by atoms with E-state index in [1.165, 1.54) is 62.1 Å². The minimum absolute atomic E-state index is 0.883. The van der Waals surface area contributed by atoms with Crippen molar-refractivity contribution in [3.8, 4) is 0 Å². The van der Waals surface area contributed by atoms with Crippen LogP contribution in [0.3, 0.4) is 0 Å². The van der Waals surface area contributed by atoms with Crippen LogP contribution in [0.2, 0.25) is 0 Å². The summed E-state index contributed by atoms with van der Waals surface area (Å²) in [5.41, 5.74) is 0.883. The molecular weight excluding hydrogens is 466 g/mol. The summed E-state index contributed by atoms with van der Waals surface area (Å²) < 4.78 is 1.88. The summed E-state index contributed by atoms with van der Waals surface area (Å²) in [6.07, 6.45) is 36.5. The lowest BCUT2D eigenvalue weighted by molar-refractivity contribution is 1.15. The van der Waals surface area contributed by atoms with Gasteiger partial charge in [-0.25, -0.2) is 0 Å². The van der Waals surface area contributed by atoms with E-state index in [2.05, 4.69) is 49.9 Å².